The highest BCUT2D eigenvalue weighted by atomic mass is 16.5. The summed E-state index contributed by atoms with van der Waals surface area (Å²) in [5.74, 6) is -0.364. The van der Waals surface area contributed by atoms with Gasteiger partial charge in [-0.05, 0) is 30.7 Å². The van der Waals surface area contributed by atoms with Gasteiger partial charge in [0.1, 0.15) is 5.75 Å². The number of nitrogens with zero attached hydrogens (tertiary/aromatic N) is 1. The number of aromatic nitrogens is 1. The van der Waals surface area contributed by atoms with Gasteiger partial charge in [0.15, 0.2) is 0 Å². The van der Waals surface area contributed by atoms with E-state index in [1.807, 2.05) is 19.1 Å². The summed E-state index contributed by atoms with van der Waals surface area (Å²) < 4.78 is 5.11. The third-order valence-electron chi connectivity index (χ3n) is 2.91. The summed E-state index contributed by atoms with van der Waals surface area (Å²) in [5, 5.41) is 12.3. The van der Waals surface area contributed by atoms with Crippen molar-refractivity contribution >= 4 is 11.7 Å². The lowest BCUT2D eigenvalue weighted by Gasteiger charge is -2.11. The molecule has 1 aromatic heterocycles. The molecule has 2 N–H and O–H groups in total. The van der Waals surface area contributed by atoms with Crippen molar-refractivity contribution in [3.8, 4) is 5.75 Å². The van der Waals surface area contributed by atoms with Crippen LogP contribution in [0.4, 0.5) is 5.69 Å². The lowest BCUT2D eigenvalue weighted by Crippen LogP contribution is -2.07. The molecule has 0 unspecified atom stereocenters. The summed E-state index contributed by atoms with van der Waals surface area (Å²) in [6, 6.07) is 8.70. The zero-order valence-electron chi connectivity index (χ0n) is 11.4. The van der Waals surface area contributed by atoms with Crippen LogP contribution in [0.25, 0.3) is 0 Å². The second-order valence-electron chi connectivity index (χ2n) is 4.38. The molecule has 0 spiro atoms. The molecule has 20 heavy (non-hydrogen) atoms. The Kier molecular flexibility index (Phi) is 4.20. The van der Waals surface area contributed by atoms with Crippen molar-refractivity contribution in [3.63, 3.8) is 0 Å². The molecule has 0 atom stereocenters. The molecule has 1 heterocycles. The van der Waals surface area contributed by atoms with Crippen LogP contribution < -0.4 is 10.1 Å². The maximum atomic E-state index is 11.2. The second-order valence-corrected chi connectivity index (χ2v) is 4.38. The average molecular weight is 272 g/mol. The fourth-order valence-electron chi connectivity index (χ4n) is 1.78. The van der Waals surface area contributed by atoms with E-state index in [1.165, 1.54) is 6.07 Å². The van der Waals surface area contributed by atoms with E-state index in [9.17, 15) is 4.79 Å². The summed E-state index contributed by atoms with van der Waals surface area (Å²) in [5.41, 5.74) is 2.67. The molecule has 5 heteroatoms. The molecule has 0 aliphatic heterocycles. The van der Waals surface area contributed by atoms with Crippen LogP contribution in [0.1, 0.15) is 21.6 Å². The molecule has 0 radical (unpaired) electrons. The Labute approximate surface area is 117 Å². The van der Waals surface area contributed by atoms with Crippen LogP contribution in [-0.2, 0) is 6.54 Å². The number of hydrogen-bond donors (Lipinski definition) is 2. The minimum atomic E-state index is -0.975. The molecule has 104 valence electrons. The Morgan fingerprint density at radius 2 is 2.15 bits per heavy atom. The Hall–Kier alpha value is -2.56. The number of nitrogens with one attached hydrogen (secondary N) is 1. The zero-order chi connectivity index (χ0) is 14.5. The molecular weight excluding hydrogens is 256 g/mol. The molecule has 5 nitrogen and oxygen atoms in total. The van der Waals surface area contributed by atoms with Crippen LogP contribution in [0.2, 0.25) is 0 Å². The maximum Gasteiger partial charge on any atom is 0.337 e. The minimum absolute atomic E-state index is 0.214. The topological polar surface area (TPSA) is 71.5 Å². The normalized spacial score (nSPS) is 10.1. The molecular formula is C15H16N2O3. The van der Waals surface area contributed by atoms with Gasteiger partial charge >= 0.3 is 5.97 Å². The van der Waals surface area contributed by atoms with Crippen molar-refractivity contribution in [2.24, 2.45) is 0 Å². The Morgan fingerprint density at radius 1 is 1.35 bits per heavy atom. The van der Waals surface area contributed by atoms with Gasteiger partial charge in [0.2, 0.25) is 0 Å². The number of aromatic carboxylic acids is 1. The molecule has 0 aliphatic carbocycles. The zero-order valence-corrected chi connectivity index (χ0v) is 11.4. The van der Waals surface area contributed by atoms with Gasteiger partial charge < -0.3 is 15.2 Å². The van der Waals surface area contributed by atoms with E-state index in [-0.39, 0.29) is 5.56 Å². The number of pyridine rings is 1. The molecule has 0 saturated heterocycles. The molecule has 0 bridgehead atoms. The van der Waals surface area contributed by atoms with Gasteiger partial charge in [-0.15, -0.1) is 0 Å². The fourth-order valence-corrected chi connectivity index (χ4v) is 1.78. The van der Waals surface area contributed by atoms with Gasteiger partial charge in [0, 0.05) is 24.5 Å². The highest BCUT2D eigenvalue weighted by molar-refractivity contribution is 5.94. The first-order valence-corrected chi connectivity index (χ1v) is 6.17. The van der Waals surface area contributed by atoms with Gasteiger partial charge in [-0.3, -0.25) is 4.98 Å². The van der Waals surface area contributed by atoms with Crippen molar-refractivity contribution in [1.82, 2.24) is 4.98 Å². The SMILES string of the molecule is COc1ccc(C(=O)O)c(NCc2ccc(C)nc2)c1. The van der Waals surface area contributed by atoms with Gasteiger partial charge in [-0.25, -0.2) is 4.79 Å². The number of anilines is 1. The predicted molar refractivity (Wildman–Crippen MR) is 76.3 cm³/mol. The van der Waals surface area contributed by atoms with Crippen LogP contribution in [0.5, 0.6) is 5.75 Å². The predicted octanol–water partition coefficient (Wildman–Crippen LogP) is 2.71. The van der Waals surface area contributed by atoms with Gasteiger partial charge in [-0.2, -0.15) is 0 Å². The third-order valence-corrected chi connectivity index (χ3v) is 2.91. The summed E-state index contributed by atoms with van der Waals surface area (Å²) in [4.78, 5) is 15.4. The van der Waals surface area contributed by atoms with Crippen LogP contribution in [0, 0.1) is 6.92 Å². The number of hydrogen-bond acceptors (Lipinski definition) is 4. The first-order chi connectivity index (χ1) is 9.60. The standard InChI is InChI=1S/C15H16N2O3/c1-10-3-4-11(8-16-10)9-17-14-7-12(20-2)5-6-13(14)15(18)19/h3-8,17H,9H2,1-2H3,(H,18,19). The van der Waals surface area contributed by atoms with Crippen LogP contribution in [0.3, 0.4) is 0 Å². The lowest BCUT2D eigenvalue weighted by molar-refractivity contribution is 0.0698. The number of rotatable bonds is 5. The first-order valence-electron chi connectivity index (χ1n) is 6.17. The van der Waals surface area contributed by atoms with E-state index in [1.54, 1.807) is 25.4 Å². The molecule has 2 rings (SSSR count). The summed E-state index contributed by atoms with van der Waals surface area (Å²) in [6.07, 6.45) is 1.77. The maximum absolute atomic E-state index is 11.2. The molecule has 0 amide bonds. The lowest BCUT2D eigenvalue weighted by atomic mass is 10.1. The van der Waals surface area contributed by atoms with Crippen molar-refractivity contribution in [3.05, 3.63) is 53.3 Å². The summed E-state index contributed by atoms with van der Waals surface area (Å²) >= 11 is 0. The number of carboxylic acid groups (broad SMARTS) is 1. The van der Waals surface area contributed by atoms with Gasteiger partial charge in [0.05, 0.1) is 18.4 Å². The molecule has 0 saturated carbocycles. The highest BCUT2D eigenvalue weighted by Gasteiger charge is 2.10. The fraction of sp³-hybridized carbons (Fsp3) is 0.200. The number of methoxy groups -OCH3 is 1. The second kappa shape index (κ2) is 6.06. The smallest absolute Gasteiger partial charge is 0.337 e. The largest absolute Gasteiger partial charge is 0.497 e. The number of carboxylic acids is 1. The summed E-state index contributed by atoms with van der Waals surface area (Å²) in [7, 11) is 1.55. The first kappa shape index (κ1) is 13.9. The Balaban J connectivity index is 2.18. The Bertz CT molecular complexity index is 609. The van der Waals surface area contributed by atoms with E-state index < -0.39 is 5.97 Å². The van der Waals surface area contributed by atoms with E-state index >= 15 is 0 Å². The molecule has 0 fully saturated rings. The number of benzene rings is 1. The molecule has 1 aromatic carbocycles. The average Bonchev–Trinajstić information content (AvgIpc) is 2.46. The van der Waals surface area contributed by atoms with Crippen molar-refractivity contribution in [2.45, 2.75) is 13.5 Å². The van der Waals surface area contributed by atoms with Crippen molar-refractivity contribution < 1.29 is 14.6 Å². The van der Waals surface area contributed by atoms with E-state index in [0.29, 0.717) is 18.0 Å². The number of aryl methyl sites for hydroxylation is 1. The third kappa shape index (κ3) is 3.26. The minimum Gasteiger partial charge on any atom is -0.497 e. The van der Waals surface area contributed by atoms with E-state index in [0.717, 1.165) is 11.3 Å². The quantitative estimate of drug-likeness (QED) is 0.875. The monoisotopic (exact) mass is 272 g/mol. The van der Waals surface area contributed by atoms with Crippen LogP contribution >= 0.6 is 0 Å². The van der Waals surface area contributed by atoms with Crippen molar-refractivity contribution in [2.75, 3.05) is 12.4 Å². The summed E-state index contributed by atoms with van der Waals surface area (Å²) in [6.45, 7) is 2.42. The van der Waals surface area contributed by atoms with Crippen molar-refractivity contribution in [1.29, 1.82) is 0 Å². The van der Waals surface area contributed by atoms with E-state index in [2.05, 4.69) is 10.3 Å². The molecule has 0 aliphatic rings. The highest BCUT2D eigenvalue weighted by Crippen LogP contribution is 2.23. The number of ether oxygens (including phenoxy) is 1. The van der Waals surface area contributed by atoms with Gasteiger partial charge in [0.25, 0.3) is 0 Å². The van der Waals surface area contributed by atoms with Crippen LogP contribution in [0.15, 0.2) is 36.5 Å². The van der Waals surface area contributed by atoms with E-state index in [4.69, 9.17) is 9.84 Å². The van der Waals surface area contributed by atoms with Crippen LogP contribution in [-0.4, -0.2) is 23.2 Å². The number of carbonyl (C=O) groups is 1. The molecule has 2 aromatic rings. The Morgan fingerprint density at radius 3 is 2.75 bits per heavy atom. The van der Waals surface area contributed by atoms with Gasteiger partial charge in [-0.1, -0.05) is 6.07 Å².